The van der Waals surface area contributed by atoms with Crippen molar-refractivity contribution in [2.24, 2.45) is 7.05 Å². The van der Waals surface area contributed by atoms with Crippen LogP contribution in [0.2, 0.25) is 0 Å². The smallest absolute Gasteiger partial charge is 0.119 e. The average Bonchev–Trinajstić information content (AvgIpc) is 2.72. The highest BCUT2D eigenvalue weighted by Crippen LogP contribution is 2.26. The molecule has 0 radical (unpaired) electrons. The van der Waals surface area contributed by atoms with Crippen molar-refractivity contribution in [3.05, 3.63) is 30.0 Å². The van der Waals surface area contributed by atoms with Crippen LogP contribution < -0.4 is 10.1 Å². The molecule has 0 fully saturated rings. The van der Waals surface area contributed by atoms with E-state index in [1.807, 2.05) is 12.1 Å². The molecule has 0 aliphatic carbocycles. The van der Waals surface area contributed by atoms with Gasteiger partial charge in [0.2, 0.25) is 0 Å². The maximum absolute atomic E-state index is 5.27. The van der Waals surface area contributed by atoms with Crippen LogP contribution in [0, 0.1) is 12.3 Å². The van der Waals surface area contributed by atoms with Gasteiger partial charge in [-0.2, -0.15) is 0 Å². The van der Waals surface area contributed by atoms with Crippen molar-refractivity contribution in [1.29, 1.82) is 0 Å². The summed E-state index contributed by atoms with van der Waals surface area (Å²) in [7, 11) is 3.75. The SMILES string of the molecule is C#CCNC(C)c1cc2cc(OC)ccc2n1C. The zero-order chi connectivity index (χ0) is 13.1. The van der Waals surface area contributed by atoms with Crippen LogP contribution in [0.4, 0.5) is 0 Å². The summed E-state index contributed by atoms with van der Waals surface area (Å²) in [5.41, 5.74) is 2.41. The number of methoxy groups -OCH3 is 1. The molecule has 0 amide bonds. The van der Waals surface area contributed by atoms with Crippen LogP contribution in [0.15, 0.2) is 24.3 Å². The third-order valence-corrected chi connectivity index (χ3v) is 3.24. The number of aryl methyl sites for hydroxylation is 1. The van der Waals surface area contributed by atoms with E-state index in [4.69, 9.17) is 11.2 Å². The van der Waals surface area contributed by atoms with Gasteiger partial charge >= 0.3 is 0 Å². The van der Waals surface area contributed by atoms with Crippen molar-refractivity contribution in [1.82, 2.24) is 9.88 Å². The molecule has 18 heavy (non-hydrogen) atoms. The minimum atomic E-state index is 0.226. The fourth-order valence-corrected chi connectivity index (χ4v) is 2.21. The van der Waals surface area contributed by atoms with Crippen LogP contribution in [0.3, 0.4) is 0 Å². The molecular formula is C15H18N2O. The van der Waals surface area contributed by atoms with Gasteiger partial charge in [-0.1, -0.05) is 5.92 Å². The number of rotatable bonds is 4. The standard InChI is InChI=1S/C15H18N2O/c1-5-8-16-11(2)15-10-12-9-13(18-4)6-7-14(12)17(15)3/h1,6-7,9-11,16H,8H2,2-4H3. The normalized spacial score (nSPS) is 12.3. The summed E-state index contributed by atoms with van der Waals surface area (Å²) in [5.74, 6) is 3.48. The molecule has 1 unspecified atom stereocenters. The van der Waals surface area contributed by atoms with E-state index in [0.29, 0.717) is 6.54 Å². The number of hydrogen-bond donors (Lipinski definition) is 1. The van der Waals surface area contributed by atoms with Gasteiger partial charge in [-0.3, -0.25) is 5.32 Å². The lowest BCUT2D eigenvalue weighted by Gasteiger charge is -2.13. The molecule has 0 spiro atoms. The number of nitrogens with zero attached hydrogens (tertiary/aromatic N) is 1. The Hall–Kier alpha value is -1.92. The zero-order valence-corrected chi connectivity index (χ0v) is 11.0. The molecule has 0 aliphatic heterocycles. The molecule has 2 rings (SSSR count). The molecule has 1 heterocycles. The van der Waals surface area contributed by atoms with Crippen LogP contribution in [0.1, 0.15) is 18.7 Å². The van der Waals surface area contributed by atoms with E-state index >= 15 is 0 Å². The maximum Gasteiger partial charge on any atom is 0.119 e. The van der Waals surface area contributed by atoms with Crippen molar-refractivity contribution in [2.75, 3.05) is 13.7 Å². The van der Waals surface area contributed by atoms with E-state index < -0.39 is 0 Å². The molecule has 1 aromatic carbocycles. The van der Waals surface area contributed by atoms with E-state index in [0.717, 1.165) is 5.75 Å². The predicted molar refractivity (Wildman–Crippen MR) is 74.7 cm³/mol. The lowest BCUT2D eigenvalue weighted by atomic mass is 10.2. The van der Waals surface area contributed by atoms with Gasteiger partial charge in [0.25, 0.3) is 0 Å². The van der Waals surface area contributed by atoms with Crippen molar-refractivity contribution < 1.29 is 4.74 Å². The number of hydrogen-bond acceptors (Lipinski definition) is 2. The quantitative estimate of drug-likeness (QED) is 0.834. The molecule has 0 saturated heterocycles. The van der Waals surface area contributed by atoms with Gasteiger partial charge in [-0.25, -0.2) is 0 Å². The van der Waals surface area contributed by atoms with Gasteiger partial charge in [0.1, 0.15) is 5.75 Å². The summed E-state index contributed by atoms with van der Waals surface area (Å²) in [6, 6.07) is 8.50. The molecule has 1 N–H and O–H groups in total. The summed E-state index contributed by atoms with van der Waals surface area (Å²) >= 11 is 0. The lowest BCUT2D eigenvalue weighted by molar-refractivity contribution is 0.415. The third kappa shape index (κ3) is 2.20. The molecule has 0 saturated carbocycles. The zero-order valence-electron chi connectivity index (χ0n) is 11.0. The highest BCUT2D eigenvalue weighted by atomic mass is 16.5. The van der Waals surface area contributed by atoms with Gasteiger partial charge < -0.3 is 9.30 Å². The predicted octanol–water partition coefficient (Wildman–Crippen LogP) is 2.47. The number of aromatic nitrogens is 1. The Morgan fingerprint density at radius 3 is 2.89 bits per heavy atom. The summed E-state index contributed by atoms with van der Waals surface area (Å²) in [5, 5.41) is 4.47. The number of terminal acetylenes is 1. The van der Waals surface area contributed by atoms with Crippen molar-refractivity contribution in [2.45, 2.75) is 13.0 Å². The monoisotopic (exact) mass is 242 g/mol. The number of benzene rings is 1. The van der Waals surface area contributed by atoms with E-state index in [1.165, 1.54) is 16.6 Å². The highest BCUT2D eigenvalue weighted by molar-refractivity contribution is 5.83. The average molecular weight is 242 g/mol. The van der Waals surface area contributed by atoms with Crippen LogP contribution >= 0.6 is 0 Å². The van der Waals surface area contributed by atoms with Gasteiger partial charge in [0, 0.05) is 29.7 Å². The Bertz CT molecular complexity index is 592. The number of fused-ring (bicyclic) bond motifs is 1. The largest absolute Gasteiger partial charge is 0.497 e. The fourth-order valence-electron chi connectivity index (χ4n) is 2.21. The third-order valence-electron chi connectivity index (χ3n) is 3.24. The van der Waals surface area contributed by atoms with E-state index in [-0.39, 0.29) is 6.04 Å². The van der Waals surface area contributed by atoms with Crippen LogP contribution in [-0.4, -0.2) is 18.2 Å². The maximum atomic E-state index is 5.27. The minimum absolute atomic E-state index is 0.226. The van der Waals surface area contributed by atoms with Gasteiger partial charge in [-0.15, -0.1) is 6.42 Å². The number of ether oxygens (including phenoxy) is 1. The molecule has 1 atom stereocenters. The first kappa shape index (κ1) is 12.5. The van der Waals surface area contributed by atoms with E-state index in [9.17, 15) is 0 Å². The lowest BCUT2D eigenvalue weighted by Crippen LogP contribution is -2.20. The van der Waals surface area contributed by atoms with Crippen LogP contribution in [0.25, 0.3) is 10.9 Å². The molecule has 3 heteroatoms. The molecule has 3 nitrogen and oxygen atoms in total. The van der Waals surface area contributed by atoms with Crippen LogP contribution in [-0.2, 0) is 7.05 Å². The fraction of sp³-hybridized carbons (Fsp3) is 0.333. The number of nitrogens with one attached hydrogen (secondary N) is 1. The molecule has 2 aromatic rings. The summed E-state index contributed by atoms with van der Waals surface area (Å²) in [6.07, 6.45) is 5.27. The van der Waals surface area contributed by atoms with Gasteiger partial charge in [0.05, 0.1) is 13.7 Å². The van der Waals surface area contributed by atoms with Gasteiger partial charge in [-0.05, 0) is 31.2 Å². The molecule has 1 aromatic heterocycles. The van der Waals surface area contributed by atoms with Crippen molar-refractivity contribution in [3.8, 4) is 18.1 Å². The minimum Gasteiger partial charge on any atom is -0.497 e. The Labute approximate surface area is 108 Å². The van der Waals surface area contributed by atoms with E-state index in [1.54, 1.807) is 7.11 Å². The highest BCUT2D eigenvalue weighted by Gasteiger charge is 2.12. The van der Waals surface area contributed by atoms with Crippen molar-refractivity contribution in [3.63, 3.8) is 0 Å². The molecule has 0 aliphatic rings. The van der Waals surface area contributed by atoms with E-state index in [2.05, 4.69) is 41.9 Å². The first-order valence-electron chi connectivity index (χ1n) is 5.97. The topological polar surface area (TPSA) is 26.2 Å². The summed E-state index contributed by atoms with van der Waals surface area (Å²) < 4.78 is 7.43. The summed E-state index contributed by atoms with van der Waals surface area (Å²) in [4.78, 5) is 0. The molecular weight excluding hydrogens is 224 g/mol. The Kier molecular flexibility index (Phi) is 3.59. The Balaban J connectivity index is 2.40. The Morgan fingerprint density at radius 2 is 2.22 bits per heavy atom. The second kappa shape index (κ2) is 5.16. The second-order valence-corrected chi connectivity index (χ2v) is 4.36. The van der Waals surface area contributed by atoms with Crippen LogP contribution in [0.5, 0.6) is 5.75 Å². The van der Waals surface area contributed by atoms with Gasteiger partial charge in [0.15, 0.2) is 0 Å². The first-order chi connectivity index (χ1) is 8.67. The molecule has 0 bridgehead atoms. The van der Waals surface area contributed by atoms with Crippen molar-refractivity contribution >= 4 is 10.9 Å². The summed E-state index contributed by atoms with van der Waals surface area (Å²) in [6.45, 7) is 2.69. The first-order valence-corrected chi connectivity index (χ1v) is 5.97. The Morgan fingerprint density at radius 1 is 1.44 bits per heavy atom. The second-order valence-electron chi connectivity index (χ2n) is 4.36. The molecule has 94 valence electrons.